The summed E-state index contributed by atoms with van der Waals surface area (Å²) in [4.78, 5) is 13.5. The highest BCUT2D eigenvalue weighted by molar-refractivity contribution is 9.10. The predicted molar refractivity (Wildman–Crippen MR) is 110 cm³/mol. The van der Waals surface area contributed by atoms with Gasteiger partial charge in [-0.25, -0.2) is 0 Å². The highest BCUT2D eigenvalue weighted by atomic mass is 79.9. The van der Waals surface area contributed by atoms with Gasteiger partial charge in [-0.05, 0) is 53.4 Å². The fourth-order valence-corrected chi connectivity index (χ4v) is 3.88. The second-order valence-electron chi connectivity index (χ2n) is 5.30. The monoisotopic (exact) mass is 449 g/mol. The molecule has 3 rings (SSSR count). The summed E-state index contributed by atoms with van der Waals surface area (Å²) in [6.45, 7) is 1.81. The van der Waals surface area contributed by atoms with Crippen molar-refractivity contribution >= 4 is 51.0 Å². The number of nitrogens with one attached hydrogen (secondary N) is 1. The van der Waals surface area contributed by atoms with Gasteiger partial charge in [-0.1, -0.05) is 36.0 Å². The molecule has 1 amide bonds. The molecule has 0 aliphatic carbocycles. The summed E-state index contributed by atoms with van der Waals surface area (Å²) in [7, 11) is 0. The maximum atomic E-state index is 12.5. The molecule has 0 saturated heterocycles. The molecular weight excluding hydrogens is 434 g/mol. The van der Waals surface area contributed by atoms with Crippen molar-refractivity contribution in [2.45, 2.75) is 22.3 Å². The van der Waals surface area contributed by atoms with Crippen LogP contribution >= 0.6 is 39.5 Å². The number of amides is 1. The molecule has 0 saturated carbocycles. The van der Waals surface area contributed by atoms with Crippen LogP contribution in [-0.4, -0.2) is 27.6 Å². The van der Waals surface area contributed by atoms with E-state index in [9.17, 15) is 4.79 Å². The third-order valence-corrected chi connectivity index (χ3v) is 5.94. The van der Waals surface area contributed by atoms with E-state index in [1.165, 1.54) is 11.8 Å². The number of hydrogen-bond donors (Lipinski definition) is 1. The Hall–Kier alpha value is -1.77. The molecule has 1 N–H and O–H groups in total. The van der Waals surface area contributed by atoms with E-state index in [1.807, 2.05) is 61.7 Å². The number of benzene rings is 2. The van der Waals surface area contributed by atoms with Gasteiger partial charge in [0.2, 0.25) is 11.8 Å². The van der Waals surface area contributed by atoms with Crippen LogP contribution in [0.15, 0.2) is 67.5 Å². The van der Waals surface area contributed by atoms with Gasteiger partial charge in [0.1, 0.15) is 0 Å². The lowest BCUT2D eigenvalue weighted by molar-refractivity contribution is -0.115. The highest BCUT2D eigenvalue weighted by Crippen LogP contribution is 2.31. The van der Waals surface area contributed by atoms with Gasteiger partial charge in [0.15, 0.2) is 0 Å². The first-order chi connectivity index (χ1) is 12.6. The fourth-order valence-electron chi connectivity index (χ4n) is 2.19. The maximum Gasteiger partial charge on any atom is 0.277 e. The molecule has 8 heteroatoms. The number of carbonyl (C=O) groups is 1. The Bertz CT molecular complexity index is 917. The molecular formula is C18H16BrN3O2S2. The second kappa shape index (κ2) is 8.75. The van der Waals surface area contributed by atoms with Crippen molar-refractivity contribution < 1.29 is 9.21 Å². The Morgan fingerprint density at radius 1 is 1.15 bits per heavy atom. The lowest BCUT2D eigenvalue weighted by atomic mass is 10.2. The van der Waals surface area contributed by atoms with Gasteiger partial charge in [-0.15, -0.1) is 22.0 Å². The van der Waals surface area contributed by atoms with Gasteiger partial charge in [0.25, 0.3) is 5.22 Å². The van der Waals surface area contributed by atoms with Crippen molar-refractivity contribution in [2.24, 2.45) is 0 Å². The number of thioether (sulfide) groups is 2. The topological polar surface area (TPSA) is 68.0 Å². The number of anilines is 1. The second-order valence-corrected chi connectivity index (χ2v) is 8.30. The third kappa shape index (κ3) is 4.49. The van der Waals surface area contributed by atoms with Gasteiger partial charge in [-0.3, -0.25) is 4.79 Å². The number of carbonyl (C=O) groups excluding carboxylic acids is 1. The molecule has 0 aliphatic heterocycles. The molecule has 1 heterocycles. The quantitative estimate of drug-likeness (QED) is 0.512. The molecule has 2 aromatic carbocycles. The molecule has 134 valence electrons. The summed E-state index contributed by atoms with van der Waals surface area (Å²) in [5.41, 5.74) is 1.62. The Morgan fingerprint density at radius 2 is 1.88 bits per heavy atom. The molecule has 1 unspecified atom stereocenters. The zero-order valence-corrected chi connectivity index (χ0v) is 17.3. The molecule has 0 spiro atoms. The lowest BCUT2D eigenvalue weighted by Crippen LogP contribution is -2.22. The van der Waals surface area contributed by atoms with Crippen LogP contribution in [0.3, 0.4) is 0 Å². The van der Waals surface area contributed by atoms with E-state index in [2.05, 4.69) is 31.4 Å². The van der Waals surface area contributed by atoms with E-state index in [0.717, 1.165) is 20.6 Å². The Balaban J connectivity index is 1.67. The Labute approximate surface area is 168 Å². The molecule has 26 heavy (non-hydrogen) atoms. The number of nitrogens with zero attached hydrogens (tertiary/aromatic N) is 2. The van der Waals surface area contributed by atoms with Gasteiger partial charge in [0, 0.05) is 9.37 Å². The van der Waals surface area contributed by atoms with Gasteiger partial charge >= 0.3 is 0 Å². The average molecular weight is 450 g/mol. The average Bonchev–Trinajstić information content (AvgIpc) is 3.10. The lowest BCUT2D eigenvalue weighted by Gasteiger charge is -2.12. The van der Waals surface area contributed by atoms with Crippen LogP contribution in [0.1, 0.15) is 6.92 Å². The molecule has 5 nitrogen and oxygen atoms in total. The van der Waals surface area contributed by atoms with Crippen LogP contribution in [0.2, 0.25) is 0 Å². The smallest absolute Gasteiger partial charge is 0.277 e. The number of aromatic nitrogens is 2. The predicted octanol–water partition coefficient (Wildman–Crippen LogP) is 5.34. The largest absolute Gasteiger partial charge is 0.411 e. The first kappa shape index (κ1) is 19.0. The van der Waals surface area contributed by atoms with Crippen molar-refractivity contribution in [2.75, 3.05) is 11.6 Å². The van der Waals surface area contributed by atoms with Crippen molar-refractivity contribution in [1.29, 1.82) is 0 Å². The molecule has 0 aliphatic rings. The minimum atomic E-state index is -0.377. The summed E-state index contributed by atoms with van der Waals surface area (Å²) < 4.78 is 6.57. The zero-order chi connectivity index (χ0) is 18.5. The van der Waals surface area contributed by atoms with E-state index < -0.39 is 0 Å². The Morgan fingerprint density at radius 3 is 2.65 bits per heavy atom. The fraction of sp³-hybridized carbons (Fsp3) is 0.167. The molecule has 0 bridgehead atoms. The maximum absolute atomic E-state index is 12.5. The summed E-state index contributed by atoms with van der Waals surface area (Å²) in [5.74, 6) is 0.303. The number of rotatable bonds is 6. The summed E-state index contributed by atoms with van der Waals surface area (Å²) in [6, 6.07) is 15.3. The minimum absolute atomic E-state index is 0.114. The molecule has 0 fully saturated rings. The van der Waals surface area contributed by atoms with Crippen LogP contribution in [0.25, 0.3) is 11.5 Å². The third-order valence-electron chi connectivity index (χ3n) is 3.52. The number of para-hydroxylation sites is 1. The molecule has 0 radical (unpaired) electrons. The SMILES string of the molecule is CSc1ccccc1NC(=O)C(C)Sc1nnc(-c2ccccc2Br)o1. The van der Waals surface area contributed by atoms with Gasteiger partial charge < -0.3 is 9.73 Å². The molecule has 1 atom stereocenters. The van der Waals surface area contributed by atoms with E-state index in [1.54, 1.807) is 11.8 Å². The highest BCUT2D eigenvalue weighted by Gasteiger charge is 2.20. The van der Waals surface area contributed by atoms with Crippen LogP contribution in [-0.2, 0) is 4.79 Å². The van der Waals surface area contributed by atoms with E-state index in [0.29, 0.717) is 11.1 Å². The minimum Gasteiger partial charge on any atom is -0.411 e. The van der Waals surface area contributed by atoms with Crippen molar-refractivity contribution in [1.82, 2.24) is 10.2 Å². The van der Waals surface area contributed by atoms with E-state index in [-0.39, 0.29) is 11.2 Å². The standard InChI is InChI=1S/C18H16BrN3O2S2/c1-11(16(23)20-14-9-5-6-10-15(14)25-2)26-18-22-21-17(24-18)12-7-3-4-8-13(12)19/h3-11H,1-2H3,(H,20,23). The van der Waals surface area contributed by atoms with Crippen LogP contribution < -0.4 is 5.32 Å². The van der Waals surface area contributed by atoms with Gasteiger partial charge in [-0.2, -0.15) is 0 Å². The van der Waals surface area contributed by atoms with Crippen LogP contribution in [0.5, 0.6) is 0 Å². The summed E-state index contributed by atoms with van der Waals surface area (Å²) in [6.07, 6.45) is 1.98. The summed E-state index contributed by atoms with van der Waals surface area (Å²) in [5, 5.41) is 11.0. The summed E-state index contributed by atoms with van der Waals surface area (Å²) >= 11 is 6.29. The van der Waals surface area contributed by atoms with Crippen molar-refractivity contribution in [3.8, 4) is 11.5 Å². The van der Waals surface area contributed by atoms with Crippen LogP contribution in [0.4, 0.5) is 5.69 Å². The van der Waals surface area contributed by atoms with Crippen LogP contribution in [0, 0.1) is 0 Å². The first-order valence-electron chi connectivity index (χ1n) is 7.77. The van der Waals surface area contributed by atoms with Crippen molar-refractivity contribution in [3.05, 3.63) is 53.0 Å². The van der Waals surface area contributed by atoms with Crippen molar-refractivity contribution in [3.63, 3.8) is 0 Å². The van der Waals surface area contributed by atoms with E-state index >= 15 is 0 Å². The Kier molecular flexibility index (Phi) is 6.39. The van der Waals surface area contributed by atoms with Gasteiger partial charge in [0.05, 0.1) is 16.5 Å². The normalized spacial score (nSPS) is 12.0. The number of halogens is 1. The van der Waals surface area contributed by atoms with E-state index in [4.69, 9.17) is 4.42 Å². The molecule has 1 aromatic heterocycles. The number of hydrogen-bond acceptors (Lipinski definition) is 6. The molecule has 3 aromatic rings. The first-order valence-corrected chi connectivity index (χ1v) is 10.7. The zero-order valence-electron chi connectivity index (χ0n) is 14.1.